The average molecular weight is 282 g/mol. The van der Waals surface area contributed by atoms with E-state index in [1.165, 1.54) is 25.7 Å². The molecule has 0 amide bonds. The van der Waals surface area contributed by atoms with Crippen molar-refractivity contribution in [2.45, 2.75) is 65.3 Å². The number of nitrogens with zero attached hydrogens (tertiary/aromatic N) is 2. The summed E-state index contributed by atoms with van der Waals surface area (Å²) in [5, 5.41) is 4.16. The SMILES string of the molecule is CCCc1nc(Cl)c(C)c(NC2CCC(C)CC2)n1. The molecule has 106 valence electrons. The highest BCUT2D eigenvalue weighted by Gasteiger charge is 2.19. The topological polar surface area (TPSA) is 37.8 Å². The van der Waals surface area contributed by atoms with Crippen LogP contribution in [0.5, 0.6) is 0 Å². The third-order valence-electron chi connectivity index (χ3n) is 3.96. The zero-order valence-corrected chi connectivity index (χ0v) is 12.9. The Morgan fingerprint density at radius 1 is 1.21 bits per heavy atom. The normalized spacial score (nSPS) is 23.4. The van der Waals surface area contributed by atoms with E-state index in [4.69, 9.17) is 11.6 Å². The second-order valence-electron chi connectivity index (χ2n) is 5.76. The quantitative estimate of drug-likeness (QED) is 0.832. The summed E-state index contributed by atoms with van der Waals surface area (Å²) in [4.78, 5) is 8.97. The second-order valence-corrected chi connectivity index (χ2v) is 6.11. The van der Waals surface area contributed by atoms with E-state index in [9.17, 15) is 0 Å². The number of nitrogens with one attached hydrogen (secondary N) is 1. The Balaban J connectivity index is 2.10. The number of anilines is 1. The van der Waals surface area contributed by atoms with E-state index in [0.717, 1.165) is 36.0 Å². The first-order chi connectivity index (χ1) is 9.10. The Morgan fingerprint density at radius 3 is 2.53 bits per heavy atom. The number of aryl methyl sites for hydroxylation is 1. The van der Waals surface area contributed by atoms with Gasteiger partial charge >= 0.3 is 0 Å². The molecule has 0 radical (unpaired) electrons. The molecule has 0 spiro atoms. The van der Waals surface area contributed by atoms with E-state index >= 15 is 0 Å². The molecule has 1 aromatic rings. The summed E-state index contributed by atoms with van der Waals surface area (Å²) < 4.78 is 0. The van der Waals surface area contributed by atoms with E-state index in [2.05, 4.69) is 29.1 Å². The van der Waals surface area contributed by atoms with Crippen molar-refractivity contribution in [2.75, 3.05) is 5.32 Å². The van der Waals surface area contributed by atoms with Gasteiger partial charge in [0.25, 0.3) is 0 Å². The van der Waals surface area contributed by atoms with Crippen molar-refractivity contribution in [3.05, 3.63) is 16.5 Å². The van der Waals surface area contributed by atoms with E-state index < -0.39 is 0 Å². The van der Waals surface area contributed by atoms with Gasteiger partial charge in [-0.15, -0.1) is 0 Å². The van der Waals surface area contributed by atoms with Crippen LogP contribution in [0.2, 0.25) is 5.15 Å². The Hall–Kier alpha value is -0.830. The third kappa shape index (κ3) is 3.82. The van der Waals surface area contributed by atoms with Gasteiger partial charge in [0.2, 0.25) is 0 Å². The fraction of sp³-hybridized carbons (Fsp3) is 0.733. The number of rotatable bonds is 4. The fourth-order valence-corrected chi connectivity index (χ4v) is 2.79. The Labute approximate surface area is 121 Å². The zero-order valence-electron chi connectivity index (χ0n) is 12.2. The molecular formula is C15H24ClN3. The van der Waals surface area contributed by atoms with Crippen LogP contribution in [0, 0.1) is 12.8 Å². The van der Waals surface area contributed by atoms with Crippen molar-refractivity contribution in [1.82, 2.24) is 9.97 Å². The predicted octanol–water partition coefficient (Wildman–Crippen LogP) is 4.38. The van der Waals surface area contributed by atoms with Gasteiger partial charge in [-0.05, 0) is 44.9 Å². The lowest BCUT2D eigenvalue weighted by molar-refractivity contribution is 0.360. The maximum absolute atomic E-state index is 6.20. The molecule has 0 saturated heterocycles. The van der Waals surface area contributed by atoms with Crippen LogP contribution in [0.25, 0.3) is 0 Å². The van der Waals surface area contributed by atoms with Gasteiger partial charge in [-0.2, -0.15) is 0 Å². The van der Waals surface area contributed by atoms with Gasteiger partial charge in [0.15, 0.2) is 0 Å². The Kier molecular flexibility index (Phi) is 5.03. The summed E-state index contributed by atoms with van der Waals surface area (Å²) in [5.74, 6) is 2.65. The lowest BCUT2D eigenvalue weighted by atomic mass is 9.87. The highest BCUT2D eigenvalue weighted by molar-refractivity contribution is 6.30. The zero-order chi connectivity index (χ0) is 13.8. The van der Waals surface area contributed by atoms with Crippen molar-refractivity contribution >= 4 is 17.4 Å². The number of halogens is 1. The summed E-state index contributed by atoms with van der Waals surface area (Å²) >= 11 is 6.20. The molecule has 0 bridgehead atoms. The molecule has 3 nitrogen and oxygen atoms in total. The van der Waals surface area contributed by atoms with Crippen molar-refractivity contribution in [2.24, 2.45) is 5.92 Å². The highest BCUT2D eigenvalue weighted by atomic mass is 35.5. The molecule has 1 aliphatic rings. The molecule has 1 aliphatic carbocycles. The van der Waals surface area contributed by atoms with Crippen LogP contribution >= 0.6 is 11.6 Å². The maximum atomic E-state index is 6.20. The largest absolute Gasteiger partial charge is 0.367 e. The summed E-state index contributed by atoms with van der Waals surface area (Å²) in [7, 11) is 0. The fourth-order valence-electron chi connectivity index (χ4n) is 2.61. The molecule has 1 fully saturated rings. The van der Waals surface area contributed by atoms with Gasteiger partial charge < -0.3 is 5.32 Å². The molecule has 4 heteroatoms. The number of hydrogen-bond acceptors (Lipinski definition) is 3. The summed E-state index contributed by atoms with van der Waals surface area (Å²) in [6.45, 7) is 6.46. The van der Waals surface area contributed by atoms with Crippen molar-refractivity contribution in [1.29, 1.82) is 0 Å². The van der Waals surface area contributed by atoms with Gasteiger partial charge in [-0.25, -0.2) is 9.97 Å². The Bertz CT molecular complexity index is 426. The lowest BCUT2D eigenvalue weighted by Crippen LogP contribution is -2.26. The second kappa shape index (κ2) is 6.56. The average Bonchev–Trinajstić information content (AvgIpc) is 2.38. The third-order valence-corrected chi connectivity index (χ3v) is 4.33. The number of hydrogen-bond donors (Lipinski definition) is 1. The van der Waals surface area contributed by atoms with Gasteiger partial charge in [0.05, 0.1) is 0 Å². The van der Waals surface area contributed by atoms with Crippen LogP contribution in [-0.4, -0.2) is 16.0 Å². The maximum Gasteiger partial charge on any atom is 0.137 e. The summed E-state index contributed by atoms with van der Waals surface area (Å²) in [6, 6.07) is 0.537. The van der Waals surface area contributed by atoms with Crippen LogP contribution in [0.1, 0.15) is 57.3 Å². The smallest absolute Gasteiger partial charge is 0.137 e. The molecule has 2 rings (SSSR count). The standard InChI is InChI=1S/C15H24ClN3/c1-4-5-13-18-14(16)11(3)15(19-13)17-12-8-6-10(2)7-9-12/h10,12H,4-9H2,1-3H3,(H,17,18,19). The van der Waals surface area contributed by atoms with Crippen molar-refractivity contribution in [3.63, 3.8) is 0 Å². The first kappa shape index (κ1) is 14.6. The first-order valence-electron chi connectivity index (χ1n) is 7.39. The lowest BCUT2D eigenvalue weighted by Gasteiger charge is -2.28. The van der Waals surface area contributed by atoms with Gasteiger partial charge in [0, 0.05) is 18.0 Å². The molecule has 0 atom stereocenters. The minimum Gasteiger partial charge on any atom is -0.367 e. The minimum atomic E-state index is 0.537. The highest BCUT2D eigenvalue weighted by Crippen LogP contribution is 2.28. The molecule has 1 aromatic heterocycles. The molecule has 0 unspecified atom stereocenters. The van der Waals surface area contributed by atoms with Crippen LogP contribution in [-0.2, 0) is 6.42 Å². The van der Waals surface area contributed by atoms with Crippen LogP contribution in [0.15, 0.2) is 0 Å². The molecule has 1 N–H and O–H groups in total. The van der Waals surface area contributed by atoms with E-state index in [-0.39, 0.29) is 0 Å². The number of aromatic nitrogens is 2. The van der Waals surface area contributed by atoms with E-state index in [1.807, 2.05) is 6.92 Å². The molecule has 0 aliphatic heterocycles. The van der Waals surface area contributed by atoms with Crippen LogP contribution in [0.4, 0.5) is 5.82 Å². The van der Waals surface area contributed by atoms with Crippen LogP contribution in [0.3, 0.4) is 0 Å². The summed E-state index contributed by atoms with van der Waals surface area (Å²) in [6.07, 6.45) is 6.99. The molecular weight excluding hydrogens is 258 g/mol. The van der Waals surface area contributed by atoms with Gasteiger partial charge in [-0.1, -0.05) is 25.4 Å². The van der Waals surface area contributed by atoms with E-state index in [0.29, 0.717) is 11.2 Å². The molecule has 1 heterocycles. The van der Waals surface area contributed by atoms with Gasteiger partial charge in [0.1, 0.15) is 16.8 Å². The molecule has 1 saturated carbocycles. The first-order valence-corrected chi connectivity index (χ1v) is 7.77. The summed E-state index contributed by atoms with van der Waals surface area (Å²) in [5.41, 5.74) is 0.972. The van der Waals surface area contributed by atoms with Crippen LogP contribution < -0.4 is 5.32 Å². The monoisotopic (exact) mass is 281 g/mol. The van der Waals surface area contributed by atoms with Crippen molar-refractivity contribution < 1.29 is 0 Å². The van der Waals surface area contributed by atoms with Crippen molar-refractivity contribution in [3.8, 4) is 0 Å². The van der Waals surface area contributed by atoms with E-state index in [1.54, 1.807) is 0 Å². The molecule has 19 heavy (non-hydrogen) atoms. The van der Waals surface area contributed by atoms with Gasteiger partial charge in [-0.3, -0.25) is 0 Å². The predicted molar refractivity (Wildman–Crippen MR) is 80.8 cm³/mol. The molecule has 0 aromatic carbocycles. The minimum absolute atomic E-state index is 0.537. The Morgan fingerprint density at radius 2 is 1.89 bits per heavy atom.